The molecule has 0 aliphatic carbocycles. The van der Waals surface area contributed by atoms with E-state index in [4.69, 9.17) is 0 Å². The van der Waals surface area contributed by atoms with Gasteiger partial charge in [-0.3, -0.25) is 0 Å². The molecule has 0 aromatic carbocycles. The maximum atomic E-state index is 3.51. The van der Waals surface area contributed by atoms with Gasteiger partial charge in [0.15, 0.2) is 0 Å². The van der Waals surface area contributed by atoms with Gasteiger partial charge in [0.05, 0.1) is 0 Å². The van der Waals surface area contributed by atoms with E-state index in [1.165, 1.54) is 65.1 Å². The van der Waals surface area contributed by atoms with E-state index in [-0.39, 0.29) is 0 Å². The largest absolute Gasteiger partial charge is 0.316 e. The van der Waals surface area contributed by atoms with Crippen LogP contribution in [0.15, 0.2) is 0 Å². The summed E-state index contributed by atoms with van der Waals surface area (Å²) in [4.78, 5) is 5.13. The zero-order chi connectivity index (χ0) is 10.5. The quantitative estimate of drug-likeness (QED) is 0.722. The van der Waals surface area contributed by atoms with Gasteiger partial charge in [-0.1, -0.05) is 0 Å². The molecule has 0 spiro atoms. The van der Waals surface area contributed by atoms with Crippen molar-refractivity contribution in [3.05, 3.63) is 0 Å². The molecular weight excluding hydrogens is 186 g/mol. The summed E-state index contributed by atoms with van der Waals surface area (Å²) in [6.45, 7) is 8.90. The fraction of sp³-hybridized carbons (Fsp3) is 1.00. The van der Waals surface area contributed by atoms with E-state index < -0.39 is 0 Å². The van der Waals surface area contributed by atoms with Crippen LogP contribution in [0.1, 0.15) is 19.3 Å². The van der Waals surface area contributed by atoms with Crippen molar-refractivity contribution >= 4 is 0 Å². The summed E-state index contributed by atoms with van der Waals surface area (Å²) in [6.07, 6.45) is 4.15. The van der Waals surface area contributed by atoms with Gasteiger partial charge in [0, 0.05) is 19.6 Å². The van der Waals surface area contributed by atoms with E-state index in [0.717, 1.165) is 5.92 Å². The molecule has 2 fully saturated rings. The van der Waals surface area contributed by atoms with Crippen LogP contribution in [0.5, 0.6) is 0 Å². The lowest BCUT2D eigenvalue weighted by atomic mass is 9.99. The van der Waals surface area contributed by atoms with Crippen molar-refractivity contribution in [1.29, 1.82) is 0 Å². The highest BCUT2D eigenvalue weighted by atomic mass is 15.2. The van der Waals surface area contributed by atoms with Crippen LogP contribution < -0.4 is 5.32 Å². The zero-order valence-electron chi connectivity index (χ0n) is 10.0. The van der Waals surface area contributed by atoms with Gasteiger partial charge in [-0.15, -0.1) is 0 Å². The fourth-order valence-electron chi connectivity index (χ4n) is 2.73. The first-order valence-corrected chi connectivity index (χ1v) is 6.46. The third kappa shape index (κ3) is 3.74. The Kier molecular flexibility index (Phi) is 4.42. The molecule has 2 rings (SSSR count). The van der Waals surface area contributed by atoms with Crippen LogP contribution in [-0.2, 0) is 0 Å². The number of nitrogens with one attached hydrogen (secondary N) is 1. The summed E-state index contributed by atoms with van der Waals surface area (Å²) < 4.78 is 0. The number of likely N-dealkylation sites (N-methyl/N-ethyl adjacent to an activating group) is 1. The van der Waals surface area contributed by atoms with E-state index in [0.29, 0.717) is 0 Å². The average Bonchev–Trinajstić information content (AvgIpc) is 2.46. The number of nitrogens with zero attached hydrogens (tertiary/aromatic N) is 2. The Balaban J connectivity index is 1.72. The lowest BCUT2D eigenvalue weighted by Crippen LogP contribution is -2.39. The second-order valence-electron chi connectivity index (χ2n) is 5.17. The summed E-state index contributed by atoms with van der Waals surface area (Å²) in [5.41, 5.74) is 0. The van der Waals surface area contributed by atoms with Gasteiger partial charge in [0.25, 0.3) is 0 Å². The molecule has 1 N–H and O–H groups in total. The molecule has 2 aliphatic rings. The molecule has 88 valence electrons. The number of hydrogen-bond acceptors (Lipinski definition) is 3. The highest BCUT2D eigenvalue weighted by Crippen LogP contribution is 2.13. The topological polar surface area (TPSA) is 18.5 Å². The van der Waals surface area contributed by atoms with Gasteiger partial charge in [-0.25, -0.2) is 0 Å². The Labute approximate surface area is 93.8 Å². The van der Waals surface area contributed by atoms with Crippen LogP contribution in [0.25, 0.3) is 0 Å². The Morgan fingerprint density at radius 3 is 2.87 bits per heavy atom. The summed E-state index contributed by atoms with van der Waals surface area (Å²) in [6, 6.07) is 0. The highest BCUT2D eigenvalue weighted by molar-refractivity contribution is 4.75. The molecular formula is C12H25N3. The number of hydrogen-bond donors (Lipinski definition) is 1. The molecule has 2 saturated heterocycles. The molecule has 15 heavy (non-hydrogen) atoms. The molecule has 0 radical (unpaired) electrons. The average molecular weight is 211 g/mol. The fourth-order valence-corrected chi connectivity index (χ4v) is 2.73. The minimum absolute atomic E-state index is 0.905. The van der Waals surface area contributed by atoms with Gasteiger partial charge in [0.1, 0.15) is 0 Å². The third-order valence-electron chi connectivity index (χ3n) is 3.73. The number of piperidine rings is 1. The molecule has 0 aromatic rings. The lowest BCUT2D eigenvalue weighted by molar-refractivity contribution is 0.213. The Morgan fingerprint density at radius 2 is 2.07 bits per heavy atom. The van der Waals surface area contributed by atoms with Crippen molar-refractivity contribution in [2.45, 2.75) is 19.3 Å². The summed E-state index contributed by atoms with van der Waals surface area (Å²) in [7, 11) is 2.24. The molecule has 1 unspecified atom stereocenters. The van der Waals surface area contributed by atoms with E-state index in [9.17, 15) is 0 Å². The standard InChI is InChI=1S/C12H25N3/c1-14-6-3-7-15(9-8-14)11-12-4-2-5-13-10-12/h12-13H,2-11H2,1H3. The second-order valence-corrected chi connectivity index (χ2v) is 5.17. The lowest BCUT2D eigenvalue weighted by Gasteiger charge is -2.29. The molecule has 0 saturated carbocycles. The normalized spacial score (nSPS) is 31.4. The van der Waals surface area contributed by atoms with Crippen molar-refractivity contribution in [2.75, 3.05) is 52.9 Å². The Hall–Kier alpha value is -0.120. The minimum Gasteiger partial charge on any atom is -0.316 e. The zero-order valence-corrected chi connectivity index (χ0v) is 10.0. The van der Waals surface area contributed by atoms with Crippen molar-refractivity contribution in [1.82, 2.24) is 15.1 Å². The second kappa shape index (κ2) is 5.83. The molecule has 2 aliphatic heterocycles. The van der Waals surface area contributed by atoms with Crippen LogP contribution in [0.2, 0.25) is 0 Å². The predicted octanol–water partition coefficient (Wildman–Crippen LogP) is 0.623. The van der Waals surface area contributed by atoms with Gasteiger partial charge < -0.3 is 15.1 Å². The van der Waals surface area contributed by atoms with Crippen LogP contribution in [0, 0.1) is 5.92 Å². The Bertz CT molecular complexity index is 178. The smallest absolute Gasteiger partial charge is 0.0109 e. The first kappa shape index (κ1) is 11.4. The molecule has 0 amide bonds. The highest BCUT2D eigenvalue weighted by Gasteiger charge is 2.18. The van der Waals surface area contributed by atoms with E-state index in [1.807, 2.05) is 0 Å². The summed E-state index contributed by atoms with van der Waals surface area (Å²) in [5.74, 6) is 0.905. The summed E-state index contributed by atoms with van der Waals surface area (Å²) >= 11 is 0. The molecule has 2 heterocycles. The maximum absolute atomic E-state index is 3.51. The van der Waals surface area contributed by atoms with Crippen LogP contribution in [0.4, 0.5) is 0 Å². The molecule has 0 bridgehead atoms. The first-order chi connectivity index (χ1) is 7.34. The van der Waals surface area contributed by atoms with Crippen molar-refractivity contribution < 1.29 is 0 Å². The van der Waals surface area contributed by atoms with Crippen LogP contribution >= 0.6 is 0 Å². The van der Waals surface area contributed by atoms with Crippen LogP contribution in [-0.4, -0.2) is 62.7 Å². The molecule has 3 heteroatoms. The van der Waals surface area contributed by atoms with Gasteiger partial charge in [-0.2, -0.15) is 0 Å². The van der Waals surface area contributed by atoms with Crippen LogP contribution in [0.3, 0.4) is 0 Å². The van der Waals surface area contributed by atoms with E-state index >= 15 is 0 Å². The van der Waals surface area contributed by atoms with Gasteiger partial charge in [-0.05, 0) is 58.4 Å². The van der Waals surface area contributed by atoms with Crippen molar-refractivity contribution in [3.63, 3.8) is 0 Å². The minimum atomic E-state index is 0.905. The number of rotatable bonds is 2. The molecule has 1 atom stereocenters. The first-order valence-electron chi connectivity index (χ1n) is 6.46. The molecule has 3 nitrogen and oxygen atoms in total. The van der Waals surface area contributed by atoms with Crippen molar-refractivity contribution in [3.8, 4) is 0 Å². The monoisotopic (exact) mass is 211 g/mol. The van der Waals surface area contributed by atoms with Gasteiger partial charge >= 0.3 is 0 Å². The maximum Gasteiger partial charge on any atom is 0.0109 e. The third-order valence-corrected chi connectivity index (χ3v) is 3.73. The SMILES string of the molecule is CN1CCCN(CC2CCCNC2)CC1. The Morgan fingerprint density at radius 1 is 1.13 bits per heavy atom. The molecule has 0 aromatic heterocycles. The van der Waals surface area contributed by atoms with Gasteiger partial charge in [0.2, 0.25) is 0 Å². The van der Waals surface area contributed by atoms with Crippen molar-refractivity contribution in [2.24, 2.45) is 5.92 Å². The summed E-state index contributed by atoms with van der Waals surface area (Å²) in [5, 5.41) is 3.51. The predicted molar refractivity (Wildman–Crippen MR) is 64.1 cm³/mol. The van der Waals surface area contributed by atoms with E-state index in [1.54, 1.807) is 0 Å². The van der Waals surface area contributed by atoms with E-state index in [2.05, 4.69) is 22.2 Å².